The zero-order valence-corrected chi connectivity index (χ0v) is 19.6. The van der Waals surface area contributed by atoms with Gasteiger partial charge >= 0.3 is 0 Å². The van der Waals surface area contributed by atoms with Gasteiger partial charge in [0.25, 0.3) is 5.56 Å². The van der Waals surface area contributed by atoms with Crippen LogP contribution in [0.1, 0.15) is 24.0 Å². The van der Waals surface area contributed by atoms with Crippen LogP contribution >= 0.6 is 11.3 Å². The highest BCUT2D eigenvalue weighted by atomic mass is 32.1. The molecule has 2 aromatic carbocycles. The van der Waals surface area contributed by atoms with Gasteiger partial charge < -0.3 is 10.2 Å². The Labute approximate surface area is 196 Å². The normalized spacial score (nSPS) is 16.2. The number of nitrogens with zero attached hydrogens (tertiary/aromatic N) is 3. The lowest BCUT2D eigenvalue weighted by molar-refractivity contribution is -0.120. The highest BCUT2D eigenvalue weighted by Crippen LogP contribution is 2.27. The van der Waals surface area contributed by atoms with E-state index in [2.05, 4.69) is 10.2 Å². The molecule has 0 radical (unpaired) electrons. The third-order valence-corrected chi connectivity index (χ3v) is 7.04. The number of nitrogens with one attached hydrogen (secondary N) is 1. The van der Waals surface area contributed by atoms with Crippen molar-refractivity contribution in [2.75, 3.05) is 23.3 Å². The molecule has 1 N–H and O–H groups in total. The summed E-state index contributed by atoms with van der Waals surface area (Å²) in [5, 5.41) is 4.95. The minimum Gasteiger partial charge on any atom is -0.341 e. The van der Waals surface area contributed by atoms with Crippen molar-refractivity contribution in [3.8, 4) is 5.69 Å². The molecule has 0 spiro atoms. The van der Waals surface area contributed by atoms with Crippen molar-refractivity contribution < 1.29 is 4.79 Å². The summed E-state index contributed by atoms with van der Waals surface area (Å²) in [4.78, 5) is 33.4. The summed E-state index contributed by atoms with van der Waals surface area (Å²) in [6.07, 6.45) is 1.67. The molecule has 168 valence electrons. The first-order valence-electron chi connectivity index (χ1n) is 11.2. The fourth-order valence-electron chi connectivity index (χ4n) is 4.29. The van der Waals surface area contributed by atoms with Crippen LogP contribution in [0, 0.1) is 19.8 Å². The fourth-order valence-corrected chi connectivity index (χ4v) is 5.05. The van der Waals surface area contributed by atoms with Gasteiger partial charge in [-0.2, -0.15) is 0 Å². The summed E-state index contributed by atoms with van der Waals surface area (Å²) in [6.45, 7) is 5.32. The van der Waals surface area contributed by atoms with Crippen molar-refractivity contribution in [3.63, 3.8) is 0 Å². The number of thiophene rings is 1. The van der Waals surface area contributed by atoms with Crippen molar-refractivity contribution in [2.24, 2.45) is 5.92 Å². The topological polar surface area (TPSA) is 67.2 Å². The van der Waals surface area contributed by atoms with E-state index < -0.39 is 0 Å². The number of fused-ring (bicyclic) bond motifs is 1. The predicted molar refractivity (Wildman–Crippen MR) is 135 cm³/mol. The average Bonchev–Trinajstić information content (AvgIpc) is 3.31. The number of aromatic nitrogens is 2. The molecule has 1 fully saturated rings. The average molecular weight is 459 g/mol. The number of hydrogen-bond donors (Lipinski definition) is 1. The number of amides is 1. The molecule has 0 unspecified atom stereocenters. The van der Waals surface area contributed by atoms with Crippen LogP contribution in [-0.4, -0.2) is 28.5 Å². The van der Waals surface area contributed by atoms with Gasteiger partial charge in [-0.1, -0.05) is 35.4 Å². The Morgan fingerprint density at radius 2 is 1.73 bits per heavy atom. The summed E-state index contributed by atoms with van der Waals surface area (Å²) in [5.41, 5.74) is 4.51. The fraction of sp³-hybridized carbons (Fsp3) is 0.269. The molecule has 0 aliphatic carbocycles. The summed E-state index contributed by atoms with van der Waals surface area (Å²) < 4.78 is 2.34. The molecule has 3 heterocycles. The molecule has 1 atom stereocenters. The number of anilines is 2. The molecular weight excluding hydrogens is 432 g/mol. The molecule has 7 heteroatoms. The molecule has 5 rings (SSSR count). The van der Waals surface area contributed by atoms with E-state index in [0.717, 1.165) is 41.9 Å². The van der Waals surface area contributed by atoms with E-state index in [4.69, 9.17) is 4.98 Å². The predicted octanol–water partition coefficient (Wildman–Crippen LogP) is 4.92. The number of aryl methyl sites for hydroxylation is 2. The molecule has 1 saturated heterocycles. The maximum absolute atomic E-state index is 13.4. The molecule has 0 saturated carbocycles. The molecule has 1 amide bonds. The first kappa shape index (κ1) is 21.4. The van der Waals surface area contributed by atoms with Crippen molar-refractivity contribution >= 4 is 39.1 Å². The summed E-state index contributed by atoms with van der Waals surface area (Å²) in [6, 6.07) is 17.6. The molecule has 6 nitrogen and oxygen atoms in total. The Hall–Kier alpha value is -3.45. The van der Waals surface area contributed by atoms with Gasteiger partial charge in [0.1, 0.15) is 4.70 Å². The van der Waals surface area contributed by atoms with Gasteiger partial charge in [-0.3, -0.25) is 9.59 Å². The molecule has 1 aliphatic rings. The SMILES string of the molecule is Cc1ccc(NC(=O)[C@H]2CCCN(c3nc4ccsc4c(=O)n3-c3ccc(C)cc3)C2)cc1. The Balaban J connectivity index is 1.48. The maximum atomic E-state index is 13.4. The first-order chi connectivity index (χ1) is 16.0. The second kappa shape index (κ2) is 8.83. The maximum Gasteiger partial charge on any atom is 0.277 e. The lowest BCUT2D eigenvalue weighted by atomic mass is 9.97. The van der Waals surface area contributed by atoms with Crippen LogP contribution in [0.15, 0.2) is 64.8 Å². The largest absolute Gasteiger partial charge is 0.341 e. The molecule has 4 aromatic rings. The van der Waals surface area contributed by atoms with Gasteiger partial charge in [-0.15, -0.1) is 11.3 Å². The number of carbonyl (C=O) groups is 1. The van der Waals surface area contributed by atoms with E-state index in [1.807, 2.05) is 73.8 Å². The Morgan fingerprint density at radius 1 is 1.03 bits per heavy atom. The van der Waals surface area contributed by atoms with E-state index in [9.17, 15) is 9.59 Å². The molecule has 33 heavy (non-hydrogen) atoms. The van der Waals surface area contributed by atoms with Gasteiger partial charge in [-0.25, -0.2) is 9.55 Å². The van der Waals surface area contributed by atoms with Crippen LogP contribution in [0.25, 0.3) is 15.9 Å². The number of carbonyl (C=O) groups excluding carboxylic acids is 1. The molecule has 2 aromatic heterocycles. The minimum atomic E-state index is -0.179. The smallest absolute Gasteiger partial charge is 0.277 e. The van der Waals surface area contributed by atoms with Crippen LogP contribution in [-0.2, 0) is 4.79 Å². The Bertz CT molecular complexity index is 1360. The van der Waals surface area contributed by atoms with E-state index in [1.165, 1.54) is 11.3 Å². The van der Waals surface area contributed by atoms with Crippen LogP contribution in [0.5, 0.6) is 0 Å². The van der Waals surface area contributed by atoms with Crippen molar-refractivity contribution in [1.29, 1.82) is 0 Å². The van der Waals surface area contributed by atoms with E-state index in [1.54, 1.807) is 4.57 Å². The standard InChI is InChI=1S/C26H26N4O2S/c1-17-5-9-20(10-6-17)27-24(31)19-4-3-14-29(16-19)26-28-22-13-15-33-23(22)25(32)30(26)21-11-7-18(2)8-12-21/h5-13,15,19H,3-4,14,16H2,1-2H3,(H,27,31)/t19-/m0/s1. The van der Waals surface area contributed by atoms with E-state index >= 15 is 0 Å². The Kier molecular flexibility index (Phi) is 5.72. The third kappa shape index (κ3) is 4.28. The van der Waals surface area contributed by atoms with Crippen LogP contribution in [0.3, 0.4) is 0 Å². The lowest BCUT2D eigenvalue weighted by Crippen LogP contribution is -2.43. The molecule has 1 aliphatic heterocycles. The van der Waals surface area contributed by atoms with Crippen molar-refractivity contribution in [3.05, 3.63) is 81.5 Å². The minimum absolute atomic E-state index is 0.00407. The second-order valence-corrected chi connectivity index (χ2v) is 9.58. The molecular formula is C26H26N4O2S. The summed E-state index contributed by atoms with van der Waals surface area (Å²) in [5.74, 6) is 0.425. The summed E-state index contributed by atoms with van der Waals surface area (Å²) >= 11 is 1.41. The third-order valence-electron chi connectivity index (χ3n) is 6.15. The number of benzene rings is 2. The number of rotatable bonds is 4. The van der Waals surface area contributed by atoms with Gasteiger partial charge in [-0.05, 0) is 62.4 Å². The van der Waals surface area contributed by atoms with Crippen molar-refractivity contribution in [1.82, 2.24) is 9.55 Å². The monoisotopic (exact) mass is 458 g/mol. The number of hydrogen-bond acceptors (Lipinski definition) is 5. The van der Waals surface area contributed by atoms with Gasteiger partial charge in [0, 0.05) is 18.8 Å². The van der Waals surface area contributed by atoms with E-state index in [-0.39, 0.29) is 17.4 Å². The Morgan fingerprint density at radius 3 is 2.45 bits per heavy atom. The first-order valence-corrected chi connectivity index (χ1v) is 12.1. The van der Waals surface area contributed by atoms with E-state index in [0.29, 0.717) is 22.7 Å². The van der Waals surface area contributed by atoms with Crippen LogP contribution < -0.4 is 15.8 Å². The second-order valence-electron chi connectivity index (χ2n) is 8.66. The zero-order valence-electron chi connectivity index (χ0n) is 18.7. The lowest BCUT2D eigenvalue weighted by Gasteiger charge is -2.34. The van der Waals surface area contributed by atoms with Crippen LogP contribution in [0.4, 0.5) is 11.6 Å². The van der Waals surface area contributed by atoms with Gasteiger partial charge in [0.2, 0.25) is 11.9 Å². The van der Waals surface area contributed by atoms with Gasteiger partial charge in [0.15, 0.2) is 0 Å². The summed E-state index contributed by atoms with van der Waals surface area (Å²) in [7, 11) is 0. The van der Waals surface area contributed by atoms with Crippen molar-refractivity contribution in [2.45, 2.75) is 26.7 Å². The van der Waals surface area contributed by atoms with Crippen LogP contribution in [0.2, 0.25) is 0 Å². The quantitative estimate of drug-likeness (QED) is 0.471. The highest BCUT2D eigenvalue weighted by Gasteiger charge is 2.29. The number of piperidine rings is 1. The highest BCUT2D eigenvalue weighted by molar-refractivity contribution is 7.17. The molecule has 0 bridgehead atoms. The zero-order chi connectivity index (χ0) is 22.9. The van der Waals surface area contributed by atoms with Gasteiger partial charge in [0.05, 0.1) is 17.1 Å².